The predicted octanol–water partition coefficient (Wildman–Crippen LogP) is 4.08. The van der Waals surface area contributed by atoms with Crippen molar-refractivity contribution in [3.8, 4) is 17.0 Å². The Morgan fingerprint density at radius 1 is 1.11 bits per heavy atom. The van der Waals surface area contributed by atoms with E-state index in [2.05, 4.69) is 38.3 Å². The summed E-state index contributed by atoms with van der Waals surface area (Å²) in [4.78, 5) is 4.67. The minimum Gasteiger partial charge on any atom is -0.497 e. The number of imidazole rings is 1. The molecule has 0 saturated carbocycles. The Labute approximate surface area is 120 Å². The van der Waals surface area contributed by atoms with E-state index in [4.69, 9.17) is 4.74 Å². The van der Waals surface area contributed by atoms with Crippen molar-refractivity contribution in [2.24, 2.45) is 0 Å². The zero-order valence-electron chi connectivity index (χ0n) is 10.7. The summed E-state index contributed by atoms with van der Waals surface area (Å²) in [5.74, 6) is 0.847. The molecule has 3 nitrogen and oxygen atoms in total. The molecule has 0 bridgehead atoms. The summed E-state index contributed by atoms with van der Waals surface area (Å²) in [5.41, 5.74) is 4.10. The lowest BCUT2D eigenvalue weighted by molar-refractivity contribution is 0.415. The van der Waals surface area contributed by atoms with Crippen molar-refractivity contribution >= 4 is 21.6 Å². The fraction of sp³-hybridized carbons (Fsp3) is 0.133. The highest BCUT2D eigenvalue weighted by Gasteiger charge is 2.12. The predicted molar refractivity (Wildman–Crippen MR) is 79.6 cm³/mol. The smallest absolute Gasteiger partial charge is 0.138 e. The Bertz CT molecular complexity index is 732. The number of aryl methyl sites for hydroxylation is 1. The molecule has 96 valence electrons. The first-order valence-corrected chi connectivity index (χ1v) is 6.78. The second-order valence-corrected chi connectivity index (χ2v) is 5.09. The molecule has 0 aliphatic heterocycles. The lowest BCUT2D eigenvalue weighted by Crippen LogP contribution is -1.89. The summed E-state index contributed by atoms with van der Waals surface area (Å²) in [6, 6.07) is 14.0. The van der Waals surface area contributed by atoms with Gasteiger partial charge in [0, 0.05) is 11.3 Å². The van der Waals surface area contributed by atoms with E-state index in [0.29, 0.717) is 0 Å². The molecule has 0 aliphatic rings. The number of rotatable bonds is 2. The Hall–Kier alpha value is -1.81. The van der Waals surface area contributed by atoms with Crippen molar-refractivity contribution in [3.05, 3.63) is 52.8 Å². The van der Waals surface area contributed by atoms with Crippen LogP contribution in [0.25, 0.3) is 16.9 Å². The first-order chi connectivity index (χ1) is 9.20. The van der Waals surface area contributed by atoms with Crippen molar-refractivity contribution in [1.29, 1.82) is 0 Å². The summed E-state index contributed by atoms with van der Waals surface area (Å²) < 4.78 is 8.25. The fourth-order valence-electron chi connectivity index (χ4n) is 2.14. The van der Waals surface area contributed by atoms with Crippen LogP contribution in [-0.4, -0.2) is 16.5 Å². The molecule has 0 spiro atoms. The maximum Gasteiger partial charge on any atom is 0.138 e. The van der Waals surface area contributed by atoms with Gasteiger partial charge in [0.05, 0.1) is 7.11 Å². The number of aromatic nitrogens is 2. The topological polar surface area (TPSA) is 26.5 Å². The molecule has 2 aromatic heterocycles. The lowest BCUT2D eigenvalue weighted by Gasteiger charge is -2.02. The molecule has 0 fully saturated rings. The zero-order chi connectivity index (χ0) is 13.4. The van der Waals surface area contributed by atoms with Gasteiger partial charge in [-0.15, -0.1) is 0 Å². The Kier molecular flexibility index (Phi) is 3.03. The molecule has 0 saturated heterocycles. The zero-order valence-corrected chi connectivity index (χ0v) is 12.3. The number of benzene rings is 1. The molecular formula is C15H13BrN2O. The first kappa shape index (κ1) is 12.2. The second kappa shape index (κ2) is 4.70. The average Bonchev–Trinajstić information content (AvgIpc) is 2.78. The lowest BCUT2D eigenvalue weighted by atomic mass is 10.2. The standard InChI is InChI=1S/C15H13BrN2O/c1-10-4-3-5-13-17-14(15(16)18(10)13)11-6-8-12(19-2)9-7-11/h3-9H,1-2H3. The van der Waals surface area contributed by atoms with Gasteiger partial charge in [-0.3, -0.25) is 4.40 Å². The summed E-state index contributed by atoms with van der Waals surface area (Å²) in [6.45, 7) is 2.07. The van der Waals surface area contributed by atoms with E-state index >= 15 is 0 Å². The molecule has 3 rings (SSSR count). The molecule has 0 unspecified atom stereocenters. The molecule has 19 heavy (non-hydrogen) atoms. The van der Waals surface area contributed by atoms with Crippen molar-refractivity contribution in [3.63, 3.8) is 0 Å². The maximum atomic E-state index is 5.18. The van der Waals surface area contributed by atoms with E-state index in [0.717, 1.165) is 33.0 Å². The third kappa shape index (κ3) is 2.02. The number of pyridine rings is 1. The molecule has 2 heterocycles. The van der Waals surface area contributed by atoms with Crippen LogP contribution in [0.4, 0.5) is 0 Å². The monoisotopic (exact) mass is 316 g/mol. The first-order valence-electron chi connectivity index (χ1n) is 5.98. The van der Waals surface area contributed by atoms with Crippen LogP contribution in [0.15, 0.2) is 47.1 Å². The van der Waals surface area contributed by atoms with Gasteiger partial charge < -0.3 is 4.74 Å². The van der Waals surface area contributed by atoms with Gasteiger partial charge in [0.2, 0.25) is 0 Å². The van der Waals surface area contributed by atoms with Crippen LogP contribution in [0.5, 0.6) is 5.75 Å². The SMILES string of the molecule is COc1ccc(-c2nc3cccc(C)n3c2Br)cc1. The van der Waals surface area contributed by atoms with Crippen molar-refractivity contribution in [1.82, 2.24) is 9.38 Å². The highest BCUT2D eigenvalue weighted by Crippen LogP contribution is 2.30. The number of halogens is 1. The van der Waals surface area contributed by atoms with Crippen LogP contribution in [0, 0.1) is 6.92 Å². The molecule has 0 radical (unpaired) electrons. The highest BCUT2D eigenvalue weighted by atomic mass is 79.9. The minimum atomic E-state index is 0.847. The van der Waals surface area contributed by atoms with Crippen LogP contribution in [0.3, 0.4) is 0 Å². The Morgan fingerprint density at radius 3 is 2.47 bits per heavy atom. The van der Waals surface area contributed by atoms with Crippen LogP contribution < -0.4 is 4.74 Å². The highest BCUT2D eigenvalue weighted by molar-refractivity contribution is 9.10. The molecule has 1 aromatic carbocycles. The van der Waals surface area contributed by atoms with Gasteiger partial charge in [-0.25, -0.2) is 4.98 Å². The van der Waals surface area contributed by atoms with E-state index in [9.17, 15) is 0 Å². The van der Waals surface area contributed by atoms with Gasteiger partial charge in [-0.1, -0.05) is 6.07 Å². The van der Waals surface area contributed by atoms with Crippen molar-refractivity contribution in [2.45, 2.75) is 6.92 Å². The van der Waals surface area contributed by atoms with E-state index in [1.165, 1.54) is 0 Å². The fourth-order valence-corrected chi connectivity index (χ4v) is 2.92. The van der Waals surface area contributed by atoms with Gasteiger partial charge in [0.1, 0.15) is 21.7 Å². The van der Waals surface area contributed by atoms with Gasteiger partial charge >= 0.3 is 0 Å². The van der Waals surface area contributed by atoms with E-state index in [-0.39, 0.29) is 0 Å². The van der Waals surface area contributed by atoms with Crippen molar-refractivity contribution < 1.29 is 4.74 Å². The van der Waals surface area contributed by atoms with Crippen molar-refractivity contribution in [2.75, 3.05) is 7.11 Å². The number of nitrogens with zero attached hydrogens (tertiary/aromatic N) is 2. The number of ether oxygens (including phenoxy) is 1. The average molecular weight is 317 g/mol. The van der Waals surface area contributed by atoms with Crippen LogP contribution in [-0.2, 0) is 0 Å². The molecular weight excluding hydrogens is 304 g/mol. The maximum absolute atomic E-state index is 5.18. The molecule has 0 aliphatic carbocycles. The van der Waals surface area contributed by atoms with E-state index < -0.39 is 0 Å². The number of methoxy groups -OCH3 is 1. The second-order valence-electron chi connectivity index (χ2n) is 4.34. The van der Waals surface area contributed by atoms with Gasteiger partial charge in [-0.2, -0.15) is 0 Å². The number of fused-ring (bicyclic) bond motifs is 1. The van der Waals surface area contributed by atoms with Gasteiger partial charge in [0.15, 0.2) is 0 Å². The molecule has 0 N–H and O–H groups in total. The minimum absolute atomic E-state index is 0.847. The summed E-state index contributed by atoms with van der Waals surface area (Å²) in [5, 5.41) is 0. The summed E-state index contributed by atoms with van der Waals surface area (Å²) in [6.07, 6.45) is 0. The van der Waals surface area contributed by atoms with Gasteiger partial charge in [0.25, 0.3) is 0 Å². The van der Waals surface area contributed by atoms with Crippen LogP contribution >= 0.6 is 15.9 Å². The summed E-state index contributed by atoms with van der Waals surface area (Å²) in [7, 11) is 1.67. The molecule has 0 atom stereocenters. The Morgan fingerprint density at radius 2 is 1.84 bits per heavy atom. The quantitative estimate of drug-likeness (QED) is 0.712. The molecule has 3 aromatic rings. The number of hydrogen-bond acceptors (Lipinski definition) is 2. The Balaban J connectivity index is 2.19. The van der Waals surface area contributed by atoms with E-state index in [1.54, 1.807) is 7.11 Å². The third-order valence-corrected chi connectivity index (χ3v) is 3.88. The third-order valence-electron chi connectivity index (χ3n) is 3.15. The largest absolute Gasteiger partial charge is 0.497 e. The molecule has 0 amide bonds. The normalized spacial score (nSPS) is 10.9. The van der Waals surface area contributed by atoms with Crippen LogP contribution in [0.1, 0.15) is 5.69 Å². The molecule has 4 heteroatoms. The van der Waals surface area contributed by atoms with Crippen LogP contribution in [0.2, 0.25) is 0 Å². The van der Waals surface area contributed by atoms with Gasteiger partial charge in [-0.05, 0) is 59.3 Å². The number of hydrogen-bond donors (Lipinski definition) is 0. The summed E-state index contributed by atoms with van der Waals surface area (Å²) >= 11 is 3.64. The van der Waals surface area contributed by atoms with E-state index in [1.807, 2.05) is 36.4 Å².